The fourth-order valence-electron chi connectivity index (χ4n) is 2.73. The third-order valence-electron chi connectivity index (χ3n) is 3.98. The van der Waals surface area contributed by atoms with Crippen molar-refractivity contribution in [2.75, 3.05) is 18.2 Å². The predicted octanol–water partition coefficient (Wildman–Crippen LogP) is 2.22. The second kappa shape index (κ2) is 6.13. The number of nitrogens with zero attached hydrogens (tertiary/aromatic N) is 1. The Morgan fingerprint density at radius 1 is 1.30 bits per heavy atom. The number of nitrogens with two attached hydrogens (primary N) is 1. The van der Waals surface area contributed by atoms with Gasteiger partial charge in [-0.1, -0.05) is 6.42 Å². The second-order valence-corrected chi connectivity index (χ2v) is 5.53. The van der Waals surface area contributed by atoms with Crippen molar-refractivity contribution in [1.82, 2.24) is 10.3 Å². The number of nitrogen functional groups attached to an aromatic ring is 1. The van der Waals surface area contributed by atoms with E-state index in [1.807, 2.05) is 6.07 Å². The van der Waals surface area contributed by atoms with E-state index in [1.165, 1.54) is 19.3 Å². The Kier molecular flexibility index (Phi) is 4.49. The first-order chi connectivity index (χ1) is 9.52. The van der Waals surface area contributed by atoms with Crippen LogP contribution >= 0.6 is 0 Å². The van der Waals surface area contributed by atoms with Gasteiger partial charge in [0.2, 0.25) is 0 Å². The lowest BCUT2D eigenvalue weighted by Crippen LogP contribution is -2.47. The van der Waals surface area contributed by atoms with Crippen LogP contribution < -0.4 is 16.5 Å². The summed E-state index contributed by atoms with van der Waals surface area (Å²) in [6.45, 7) is 4.44. The molecule has 5 heteroatoms. The summed E-state index contributed by atoms with van der Waals surface area (Å²) < 4.78 is 0. The fraction of sp³-hybridized carbons (Fsp3) is 0.533. The molecule has 2 rings (SSSR count). The summed E-state index contributed by atoms with van der Waals surface area (Å²) in [6.07, 6.45) is 3.65. The molecule has 1 aromatic carbocycles. The Balaban J connectivity index is 2.15. The highest BCUT2D eigenvalue weighted by atomic mass is 16.1. The maximum Gasteiger partial charge on any atom is 0.251 e. The fourth-order valence-corrected chi connectivity index (χ4v) is 2.73. The second-order valence-electron chi connectivity index (χ2n) is 5.53. The third kappa shape index (κ3) is 3.04. The Morgan fingerprint density at radius 3 is 2.50 bits per heavy atom. The lowest BCUT2D eigenvalue weighted by Gasteiger charge is -2.39. The van der Waals surface area contributed by atoms with Gasteiger partial charge in [0.05, 0.1) is 11.4 Å². The van der Waals surface area contributed by atoms with Crippen LogP contribution in [-0.4, -0.2) is 30.0 Å². The summed E-state index contributed by atoms with van der Waals surface area (Å²) in [6, 6.07) is 6.33. The maximum atomic E-state index is 11.6. The predicted molar refractivity (Wildman–Crippen MR) is 82.5 cm³/mol. The monoisotopic (exact) mass is 276 g/mol. The minimum atomic E-state index is -0.122. The molecule has 1 aromatic rings. The first kappa shape index (κ1) is 14.7. The van der Waals surface area contributed by atoms with Gasteiger partial charge in [0, 0.05) is 24.7 Å². The highest BCUT2D eigenvalue weighted by Crippen LogP contribution is 2.26. The highest BCUT2D eigenvalue weighted by molar-refractivity contribution is 5.95. The van der Waals surface area contributed by atoms with Crippen LogP contribution in [0, 0.1) is 0 Å². The van der Waals surface area contributed by atoms with E-state index in [9.17, 15) is 4.79 Å². The Labute approximate surface area is 120 Å². The van der Waals surface area contributed by atoms with Gasteiger partial charge in [-0.05, 0) is 44.9 Å². The molecular formula is C15H24N4O. The van der Waals surface area contributed by atoms with Crippen molar-refractivity contribution in [2.24, 2.45) is 0 Å². The van der Waals surface area contributed by atoms with Crippen LogP contribution in [0.2, 0.25) is 0 Å². The number of hydrazine groups is 1. The van der Waals surface area contributed by atoms with Gasteiger partial charge in [0.25, 0.3) is 5.91 Å². The van der Waals surface area contributed by atoms with E-state index >= 15 is 0 Å². The van der Waals surface area contributed by atoms with E-state index in [4.69, 9.17) is 5.73 Å². The van der Waals surface area contributed by atoms with Gasteiger partial charge in [0.1, 0.15) is 0 Å². The zero-order chi connectivity index (χ0) is 14.7. The molecule has 4 N–H and O–H groups in total. The largest absolute Gasteiger partial charge is 0.397 e. The third-order valence-corrected chi connectivity index (χ3v) is 3.98. The van der Waals surface area contributed by atoms with Crippen LogP contribution in [-0.2, 0) is 0 Å². The molecule has 1 fully saturated rings. The van der Waals surface area contributed by atoms with Gasteiger partial charge in [-0.3, -0.25) is 4.79 Å². The number of rotatable bonds is 3. The van der Waals surface area contributed by atoms with Gasteiger partial charge in [-0.2, -0.15) is 0 Å². The van der Waals surface area contributed by atoms with Crippen LogP contribution in [0.1, 0.15) is 43.5 Å². The lowest BCUT2D eigenvalue weighted by atomic mass is 10.00. The topological polar surface area (TPSA) is 70.4 Å². The van der Waals surface area contributed by atoms with E-state index in [0.717, 1.165) is 5.69 Å². The van der Waals surface area contributed by atoms with Crippen LogP contribution in [0.4, 0.5) is 11.4 Å². The number of hydrogen-bond acceptors (Lipinski definition) is 4. The normalized spacial score (nSPS) is 23.4. The molecule has 1 amide bonds. The smallest absolute Gasteiger partial charge is 0.251 e. The number of hydrogen-bond donors (Lipinski definition) is 3. The van der Waals surface area contributed by atoms with E-state index < -0.39 is 0 Å². The molecule has 5 nitrogen and oxygen atoms in total. The molecule has 0 spiro atoms. The molecule has 20 heavy (non-hydrogen) atoms. The van der Waals surface area contributed by atoms with E-state index in [1.54, 1.807) is 19.2 Å². The minimum Gasteiger partial charge on any atom is -0.397 e. The molecule has 1 heterocycles. The summed E-state index contributed by atoms with van der Waals surface area (Å²) in [5.74, 6) is -0.122. The minimum absolute atomic E-state index is 0.122. The van der Waals surface area contributed by atoms with Gasteiger partial charge in [0.15, 0.2) is 0 Å². The van der Waals surface area contributed by atoms with Crippen LogP contribution in [0.25, 0.3) is 0 Å². The Morgan fingerprint density at radius 2 is 1.95 bits per heavy atom. The number of anilines is 2. The van der Waals surface area contributed by atoms with Gasteiger partial charge < -0.3 is 16.5 Å². The first-order valence-corrected chi connectivity index (χ1v) is 7.19. The lowest BCUT2D eigenvalue weighted by molar-refractivity contribution is 0.0963. The maximum absolute atomic E-state index is 11.6. The number of piperidine rings is 1. The van der Waals surface area contributed by atoms with Crippen molar-refractivity contribution in [3.8, 4) is 0 Å². The molecule has 1 aliphatic rings. The summed E-state index contributed by atoms with van der Waals surface area (Å²) >= 11 is 0. The number of benzene rings is 1. The number of carbonyl (C=O) groups excluding carboxylic acids is 1. The molecule has 0 aromatic heterocycles. The number of amides is 1. The van der Waals surface area contributed by atoms with Gasteiger partial charge in [-0.25, -0.2) is 5.01 Å². The zero-order valence-electron chi connectivity index (χ0n) is 12.4. The molecule has 0 radical (unpaired) electrons. The van der Waals surface area contributed by atoms with Crippen molar-refractivity contribution >= 4 is 17.3 Å². The molecule has 0 aliphatic carbocycles. The Bertz CT molecular complexity index is 479. The quantitative estimate of drug-likeness (QED) is 0.740. The Hall–Kier alpha value is -1.75. The van der Waals surface area contributed by atoms with Crippen molar-refractivity contribution in [3.63, 3.8) is 0 Å². The number of nitrogens with one attached hydrogen (secondary N) is 2. The van der Waals surface area contributed by atoms with E-state index in [-0.39, 0.29) is 5.91 Å². The molecule has 0 bridgehead atoms. The standard InChI is InChI=1S/C15H24N4O/c1-10-5-4-6-11(2)19(10)18-14-8-7-12(9-13(14)16)15(20)17-3/h7-11,18H,4-6,16H2,1-3H3,(H,17,20). The van der Waals surface area contributed by atoms with Gasteiger partial charge >= 0.3 is 0 Å². The summed E-state index contributed by atoms with van der Waals surface area (Å²) in [7, 11) is 1.61. The summed E-state index contributed by atoms with van der Waals surface area (Å²) in [5.41, 5.74) is 11.5. The van der Waals surface area contributed by atoms with Crippen molar-refractivity contribution in [3.05, 3.63) is 23.8 Å². The average Bonchev–Trinajstić information content (AvgIpc) is 2.43. The highest BCUT2D eigenvalue weighted by Gasteiger charge is 2.25. The molecule has 2 unspecified atom stereocenters. The van der Waals surface area contributed by atoms with E-state index in [2.05, 4.69) is 29.6 Å². The average molecular weight is 276 g/mol. The molecule has 110 valence electrons. The van der Waals surface area contributed by atoms with Crippen molar-refractivity contribution in [2.45, 2.75) is 45.2 Å². The molecule has 0 saturated carbocycles. The SMILES string of the molecule is CNC(=O)c1ccc(NN2C(C)CCCC2C)c(N)c1. The van der Waals surface area contributed by atoms with Crippen LogP contribution in [0.15, 0.2) is 18.2 Å². The number of carbonyl (C=O) groups is 1. The van der Waals surface area contributed by atoms with Crippen LogP contribution in [0.3, 0.4) is 0 Å². The van der Waals surface area contributed by atoms with Gasteiger partial charge in [-0.15, -0.1) is 0 Å². The summed E-state index contributed by atoms with van der Waals surface area (Å²) in [4.78, 5) is 11.6. The molecule has 1 aliphatic heterocycles. The molecular weight excluding hydrogens is 252 g/mol. The van der Waals surface area contributed by atoms with Crippen molar-refractivity contribution in [1.29, 1.82) is 0 Å². The molecule has 1 saturated heterocycles. The molecule has 2 atom stereocenters. The first-order valence-electron chi connectivity index (χ1n) is 7.19. The zero-order valence-corrected chi connectivity index (χ0v) is 12.4. The van der Waals surface area contributed by atoms with Crippen LogP contribution in [0.5, 0.6) is 0 Å². The van der Waals surface area contributed by atoms with Crippen molar-refractivity contribution < 1.29 is 4.79 Å². The van der Waals surface area contributed by atoms with E-state index in [0.29, 0.717) is 23.3 Å². The summed E-state index contributed by atoms with van der Waals surface area (Å²) in [5, 5.41) is 4.86.